The highest BCUT2D eigenvalue weighted by molar-refractivity contribution is 6.53. The molecule has 0 fully saturated rings. The van der Waals surface area contributed by atoms with Gasteiger partial charge in [0.2, 0.25) is 0 Å². The molecule has 0 spiro atoms. The molecule has 0 aliphatic carbocycles. The molecule has 1 aromatic carbocycles. The van der Waals surface area contributed by atoms with Gasteiger partial charge in [0, 0.05) is 5.02 Å². The minimum atomic E-state index is -0.132. The van der Waals surface area contributed by atoms with Crippen molar-refractivity contribution in [2.24, 2.45) is 0 Å². The van der Waals surface area contributed by atoms with E-state index in [4.69, 9.17) is 97.9 Å². The van der Waals surface area contributed by atoms with Crippen LogP contribution >= 0.6 is 92.8 Å². The van der Waals surface area contributed by atoms with Crippen molar-refractivity contribution in [2.75, 3.05) is 0 Å². The number of hydrogen-bond acceptors (Lipinski definition) is 2. The van der Waals surface area contributed by atoms with Gasteiger partial charge in [0.1, 0.15) is 0 Å². The average molecular weight is 449 g/mol. The lowest BCUT2D eigenvalue weighted by atomic mass is 10.3. The third-order valence-corrected chi connectivity index (χ3v) is 4.77. The lowest BCUT2D eigenvalue weighted by molar-refractivity contribution is 0.476. The molecule has 0 bridgehead atoms. The Hall–Kier alpha value is 0.490. The van der Waals surface area contributed by atoms with Crippen LogP contribution in [0.1, 0.15) is 0 Å². The second-order valence-electron chi connectivity index (χ2n) is 3.35. The van der Waals surface area contributed by atoms with E-state index in [-0.39, 0.29) is 41.2 Å². The number of aromatic hydroxyl groups is 1. The molecule has 2 nitrogen and oxygen atoms in total. The molecular weight excluding hydrogens is 446 g/mol. The third-order valence-electron chi connectivity index (χ3n) is 1.93. The summed E-state index contributed by atoms with van der Waals surface area (Å²) in [6.07, 6.45) is 0. The van der Waals surface area contributed by atoms with Crippen molar-refractivity contribution in [3.05, 3.63) is 52.6 Å². The summed E-state index contributed by atoms with van der Waals surface area (Å²) < 4.78 is 0. The van der Waals surface area contributed by atoms with Gasteiger partial charge in [-0.2, -0.15) is 0 Å². The number of hydrogen-bond donors (Lipinski definition) is 1. The summed E-state index contributed by atoms with van der Waals surface area (Å²) in [5, 5.41) is 10.2. The fraction of sp³-hybridized carbons (Fsp3) is 0. The van der Waals surface area contributed by atoms with Gasteiger partial charge in [-0.05, 0) is 12.1 Å². The van der Waals surface area contributed by atoms with E-state index in [1.807, 2.05) is 0 Å². The van der Waals surface area contributed by atoms with Gasteiger partial charge in [-0.15, -0.1) is 0 Å². The van der Waals surface area contributed by atoms with E-state index in [2.05, 4.69) is 4.98 Å². The summed E-state index contributed by atoms with van der Waals surface area (Å²) in [6, 6.07) is 2.84. The number of rotatable bonds is 0. The Labute approximate surface area is 160 Å². The second kappa shape index (κ2) is 8.37. The first-order chi connectivity index (χ1) is 9.65. The molecular formula is C11H3Cl8NO. The van der Waals surface area contributed by atoms with Crippen molar-refractivity contribution < 1.29 is 5.11 Å². The van der Waals surface area contributed by atoms with E-state index in [0.29, 0.717) is 5.02 Å². The van der Waals surface area contributed by atoms with Crippen LogP contribution in [0.4, 0.5) is 0 Å². The second-order valence-corrected chi connectivity index (χ2v) is 6.45. The molecule has 0 aliphatic rings. The van der Waals surface area contributed by atoms with E-state index < -0.39 is 0 Å². The van der Waals surface area contributed by atoms with Gasteiger partial charge in [0.15, 0.2) is 16.1 Å². The summed E-state index contributed by atoms with van der Waals surface area (Å²) in [6.45, 7) is 0. The zero-order valence-corrected chi connectivity index (χ0v) is 15.6. The minimum absolute atomic E-state index is 0.0473. The maximum Gasteiger partial charge on any atom is 0.152 e. The summed E-state index contributed by atoms with van der Waals surface area (Å²) in [5.74, 6) is -0.132. The van der Waals surface area contributed by atoms with Gasteiger partial charge in [0.25, 0.3) is 0 Å². The highest BCUT2D eigenvalue weighted by Crippen LogP contribution is 2.37. The average Bonchev–Trinajstić information content (AvgIpc) is 2.41. The fourth-order valence-corrected chi connectivity index (χ4v) is 2.81. The first-order valence-corrected chi connectivity index (χ1v) is 7.86. The van der Waals surface area contributed by atoms with Crippen molar-refractivity contribution in [2.45, 2.75) is 0 Å². The van der Waals surface area contributed by atoms with E-state index in [0.717, 1.165) is 0 Å². The van der Waals surface area contributed by atoms with Crippen molar-refractivity contribution in [1.29, 1.82) is 0 Å². The van der Waals surface area contributed by atoms with Crippen LogP contribution in [0.5, 0.6) is 5.75 Å². The summed E-state index contributed by atoms with van der Waals surface area (Å²) in [4.78, 5) is 3.62. The van der Waals surface area contributed by atoms with Gasteiger partial charge in [-0.1, -0.05) is 92.8 Å². The third kappa shape index (κ3) is 5.26. The molecule has 114 valence electrons. The highest BCUT2D eigenvalue weighted by Gasteiger charge is 2.12. The van der Waals surface area contributed by atoms with Gasteiger partial charge >= 0.3 is 0 Å². The zero-order valence-electron chi connectivity index (χ0n) is 9.57. The molecule has 1 aromatic heterocycles. The van der Waals surface area contributed by atoms with Crippen molar-refractivity contribution >= 4 is 92.8 Å². The quantitative estimate of drug-likeness (QED) is 0.419. The lowest BCUT2D eigenvalue weighted by Gasteiger charge is -2.01. The van der Waals surface area contributed by atoms with Crippen molar-refractivity contribution in [1.82, 2.24) is 4.98 Å². The smallest absolute Gasteiger partial charge is 0.152 e. The Bertz CT molecular complexity index is 627. The predicted octanol–water partition coefficient (Wildman–Crippen LogP) is 7.70. The van der Waals surface area contributed by atoms with Crippen LogP contribution in [0.25, 0.3) is 0 Å². The molecule has 2 rings (SSSR count). The molecule has 0 atom stereocenters. The van der Waals surface area contributed by atoms with E-state index >= 15 is 0 Å². The zero-order chi connectivity index (χ0) is 16.3. The normalized spacial score (nSPS) is 10.1. The van der Waals surface area contributed by atoms with Crippen molar-refractivity contribution in [3.63, 3.8) is 0 Å². The molecule has 0 radical (unpaired) electrons. The number of benzene rings is 1. The van der Waals surface area contributed by atoms with Crippen LogP contribution in [0.15, 0.2) is 12.1 Å². The van der Waals surface area contributed by atoms with E-state index in [9.17, 15) is 0 Å². The fourth-order valence-electron chi connectivity index (χ4n) is 0.996. The van der Waals surface area contributed by atoms with Crippen LogP contribution in [0.2, 0.25) is 40.4 Å². The molecule has 21 heavy (non-hydrogen) atoms. The highest BCUT2D eigenvalue weighted by atomic mass is 35.5. The molecule has 0 saturated heterocycles. The van der Waals surface area contributed by atoms with Crippen LogP contribution in [0.3, 0.4) is 0 Å². The van der Waals surface area contributed by atoms with Gasteiger partial charge in [-0.3, -0.25) is 0 Å². The van der Waals surface area contributed by atoms with Gasteiger partial charge in [-0.25, -0.2) is 4.98 Å². The molecule has 0 unspecified atom stereocenters. The monoisotopic (exact) mass is 445 g/mol. The number of nitrogens with zero attached hydrogens (tertiary/aromatic N) is 1. The topological polar surface area (TPSA) is 33.1 Å². The van der Waals surface area contributed by atoms with E-state index in [1.54, 1.807) is 0 Å². The number of halogens is 8. The molecule has 0 aliphatic heterocycles. The van der Waals surface area contributed by atoms with Crippen LogP contribution in [-0.2, 0) is 0 Å². The summed E-state index contributed by atoms with van der Waals surface area (Å²) in [7, 11) is 0. The largest absolute Gasteiger partial charge is 0.505 e. The minimum Gasteiger partial charge on any atom is -0.505 e. The van der Waals surface area contributed by atoms with Gasteiger partial charge < -0.3 is 5.11 Å². The van der Waals surface area contributed by atoms with Crippen LogP contribution < -0.4 is 0 Å². The SMILES string of the molecule is Clc1nc(Cl)c(Cl)c(Cl)c1Cl.Oc1c(Cl)cc(Cl)cc1Cl. The molecule has 0 saturated carbocycles. The molecule has 10 heteroatoms. The Morgan fingerprint density at radius 1 is 0.667 bits per heavy atom. The number of aromatic nitrogens is 1. The number of phenolic OH excluding ortho intramolecular Hbond substituents is 1. The van der Waals surface area contributed by atoms with E-state index in [1.165, 1.54) is 12.1 Å². The first-order valence-electron chi connectivity index (χ1n) is 4.84. The Balaban J connectivity index is 0.000000211. The Morgan fingerprint density at radius 2 is 1.05 bits per heavy atom. The molecule has 0 amide bonds. The molecule has 1 heterocycles. The Morgan fingerprint density at radius 3 is 1.43 bits per heavy atom. The van der Waals surface area contributed by atoms with Gasteiger partial charge in [0.05, 0.1) is 25.1 Å². The number of phenols is 1. The first kappa shape index (κ1) is 19.5. The maximum absolute atomic E-state index is 9.01. The summed E-state index contributed by atoms with van der Waals surface area (Å²) >= 11 is 44.4. The lowest BCUT2D eigenvalue weighted by Crippen LogP contribution is -1.82. The maximum atomic E-state index is 9.01. The van der Waals surface area contributed by atoms with Crippen LogP contribution in [-0.4, -0.2) is 10.1 Å². The molecule has 2 aromatic rings. The summed E-state index contributed by atoms with van der Waals surface area (Å²) in [5.41, 5.74) is 0. The van der Waals surface area contributed by atoms with Crippen molar-refractivity contribution in [3.8, 4) is 5.75 Å². The standard InChI is InChI=1S/C6H3Cl3O.C5Cl5N/c7-3-1-4(8)6(10)5(9)2-3;6-1-2(7)4(9)11-5(10)3(1)8/h1-2,10H;. The Kier molecular flexibility index (Phi) is 7.79. The van der Waals surface area contributed by atoms with Crippen LogP contribution in [0, 0.1) is 0 Å². The molecule has 1 N–H and O–H groups in total. The number of pyridine rings is 1. The predicted molar refractivity (Wildman–Crippen MR) is 92.4 cm³/mol.